The van der Waals surface area contributed by atoms with Gasteiger partial charge in [0.05, 0.1) is 6.20 Å². The Morgan fingerprint density at radius 3 is 2.59 bits per heavy atom. The third-order valence-corrected chi connectivity index (χ3v) is 2.06. The van der Waals surface area contributed by atoms with E-state index in [-0.39, 0.29) is 0 Å². The van der Waals surface area contributed by atoms with Crippen LogP contribution in [0.3, 0.4) is 0 Å². The summed E-state index contributed by atoms with van der Waals surface area (Å²) >= 11 is 5.47. The summed E-state index contributed by atoms with van der Waals surface area (Å²) in [6.07, 6.45) is -3.92. The van der Waals surface area contributed by atoms with Crippen LogP contribution in [0.25, 0.3) is 5.78 Å². The molecule has 0 spiro atoms. The zero-order valence-corrected chi connectivity index (χ0v) is 8.49. The van der Waals surface area contributed by atoms with Gasteiger partial charge in [-0.1, -0.05) is 11.6 Å². The molecule has 2 aromatic heterocycles. The van der Waals surface area contributed by atoms with Crippen LogP contribution < -0.4 is 0 Å². The van der Waals surface area contributed by atoms with Crippen molar-refractivity contribution < 1.29 is 23.1 Å². The van der Waals surface area contributed by atoms with Crippen LogP contribution in [0.4, 0.5) is 13.2 Å². The fourth-order valence-electron chi connectivity index (χ4n) is 1.07. The molecule has 0 radical (unpaired) electrons. The lowest BCUT2D eigenvalue weighted by molar-refractivity contribution is -0.144. The molecule has 90 valence electrons. The summed E-state index contributed by atoms with van der Waals surface area (Å²) in [5.74, 6) is -3.26. The van der Waals surface area contributed by atoms with E-state index in [0.717, 1.165) is 6.20 Å². The molecule has 2 heterocycles. The van der Waals surface area contributed by atoms with Gasteiger partial charge in [-0.2, -0.15) is 23.1 Å². The van der Waals surface area contributed by atoms with Crippen LogP contribution in [0.1, 0.15) is 16.2 Å². The van der Waals surface area contributed by atoms with Crippen molar-refractivity contribution >= 4 is 23.3 Å². The Hall–Kier alpha value is -1.90. The van der Waals surface area contributed by atoms with Crippen molar-refractivity contribution in [3.05, 3.63) is 22.7 Å². The van der Waals surface area contributed by atoms with Crippen molar-refractivity contribution in [2.75, 3.05) is 0 Å². The fraction of sp³-hybridized carbons (Fsp3) is 0.143. The van der Waals surface area contributed by atoms with Gasteiger partial charge < -0.3 is 5.11 Å². The van der Waals surface area contributed by atoms with Crippen molar-refractivity contribution in [1.82, 2.24) is 19.6 Å². The van der Waals surface area contributed by atoms with Crippen molar-refractivity contribution in [2.45, 2.75) is 6.18 Å². The van der Waals surface area contributed by atoms with E-state index in [9.17, 15) is 18.0 Å². The minimum absolute atomic E-state index is 0.424. The number of carboxylic acids is 1. The number of carboxylic acid groups (broad SMARTS) is 1. The van der Waals surface area contributed by atoms with E-state index in [4.69, 9.17) is 16.7 Å². The monoisotopic (exact) mass is 266 g/mol. The number of hydrogen-bond acceptors (Lipinski definition) is 4. The SMILES string of the molecule is O=C(O)c1cn2nc(C(F)(F)F)nc2nc1Cl. The summed E-state index contributed by atoms with van der Waals surface area (Å²) in [5, 5.41) is 11.3. The van der Waals surface area contributed by atoms with Crippen LogP contribution in [0.15, 0.2) is 6.20 Å². The molecular formula is C7H2ClF3N4O2. The number of halogens is 4. The summed E-state index contributed by atoms with van der Waals surface area (Å²) in [6.45, 7) is 0. The van der Waals surface area contributed by atoms with Crippen LogP contribution >= 0.6 is 11.6 Å². The van der Waals surface area contributed by atoms with Gasteiger partial charge >= 0.3 is 12.1 Å². The first-order valence-corrected chi connectivity index (χ1v) is 4.40. The first kappa shape index (κ1) is 11.6. The molecule has 2 rings (SSSR count). The molecule has 0 aliphatic rings. The number of aromatic carboxylic acids is 1. The van der Waals surface area contributed by atoms with Gasteiger partial charge in [0.15, 0.2) is 0 Å². The third kappa shape index (κ3) is 2.00. The summed E-state index contributed by atoms with van der Waals surface area (Å²) in [4.78, 5) is 17.1. The van der Waals surface area contributed by atoms with Crippen LogP contribution in [0.2, 0.25) is 5.15 Å². The average Bonchev–Trinajstić information content (AvgIpc) is 2.58. The minimum atomic E-state index is -4.73. The maximum absolute atomic E-state index is 12.3. The molecule has 6 nitrogen and oxygen atoms in total. The lowest BCUT2D eigenvalue weighted by Gasteiger charge is -1.97. The van der Waals surface area contributed by atoms with Crippen molar-refractivity contribution in [1.29, 1.82) is 0 Å². The quantitative estimate of drug-likeness (QED) is 0.791. The van der Waals surface area contributed by atoms with Gasteiger partial charge in [-0.3, -0.25) is 0 Å². The first-order valence-electron chi connectivity index (χ1n) is 4.02. The number of alkyl halides is 3. The molecule has 1 N–H and O–H groups in total. The molecule has 0 aliphatic carbocycles. The minimum Gasteiger partial charge on any atom is -0.478 e. The Bertz CT molecular complexity index is 609. The van der Waals surface area contributed by atoms with Crippen molar-refractivity contribution in [3.8, 4) is 0 Å². The Morgan fingerprint density at radius 2 is 2.06 bits per heavy atom. The van der Waals surface area contributed by atoms with E-state index in [1.165, 1.54) is 0 Å². The molecule has 17 heavy (non-hydrogen) atoms. The van der Waals surface area contributed by atoms with Crippen LogP contribution in [-0.4, -0.2) is 30.7 Å². The smallest absolute Gasteiger partial charge is 0.453 e. The largest absolute Gasteiger partial charge is 0.478 e. The van der Waals surface area contributed by atoms with Gasteiger partial charge in [0, 0.05) is 0 Å². The molecule has 0 saturated carbocycles. The first-order chi connectivity index (χ1) is 7.79. The standard InChI is InChI=1S/C7H2ClF3N4O2/c8-3-2(4(16)17)1-15-6(12-3)13-5(14-15)7(9,10)11/h1H,(H,16,17). The van der Waals surface area contributed by atoms with E-state index < -0.39 is 34.5 Å². The highest BCUT2D eigenvalue weighted by molar-refractivity contribution is 6.32. The van der Waals surface area contributed by atoms with Crippen LogP contribution in [0.5, 0.6) is 0 Å². The number of carbonyl (C=O) groups is 1. The fourth-order valence-corrected chi connectivity index (χ4v) is 1.27. The van der Waals surface area contributed by atoms with Gasteiger partial charge in [0.25, 0.3) is 11.6 Å². The number of hydrogen-bond donors (Lipinski definition) is 1. The van der Waals surface area contributed by atoms with E-state index in [1.54, 1.807) is 0 Å². The highest BCUT2D eigenvalue weighted by Crippen LogP contribution is 2.26. The van der Waals surface area contributed by atoms with Crippen LogP contribution in [-0.2, 0) is 6.18 Å². The predicted octanol–water partition coefficient (Wildman–Crippen LogP) is 1.49. The second-order valence-corrected chi connectivity index (χ2v) is 3.29. The third-order valence-electron chi connectivity index (χ3n) is 1.77. The maximum Gasteiger partial charge on any atom is 0.453 e. The Labute approximate surface area is 95.7 Å². The number of fused-ring (bicyclic) bond motifs is 1. The van der Waals surface area contributed by atoms with Gasteiger partial charge in [0.2, 0.25) is 0 Å². The Morgan fingerprint density at radius 1 is 1.41 bits per heavy atom. The van der Waals surface area contributed by atoms with Gasteiger partial charge in [-0.15, -0.1) is 5.10 Å². The number of aromatic nitrogens is 4. The molecule has 0 amide bonds. The van der Waals surface area contributed by atoms with E-state index in [2.05, 4.69) is 15.1 Å². The molecule has 0 saturated heterocycles. The highest BCUT2D eigenvalue weighted by Gasteiger charge is 2.36. The van der Waals surface area contributed by atoms with Crippen molar-refractivity contribution in [3.63, 3.8) is 0 Å². The molecular weight excluding hydrogens is 265 g/mol. The second-order valence-electron chi connectivity index (χ2n) is 2.93. The summed E-state index contributed by atoms with van der Waals surface area (Å²) in [5.41, 5.74) is -0.460. The van der Waals surface area contributed by atoms with Gasteiger partial charge in [-0.05, 0) is 0 Å². The molecule has 0 atom stereocenters. The lowest BCUT2D eigenvalue weighted by atomic mass is 10.3. The summed E-state index contributed by atoms with van der Waals surface area (Å²) in [7, 11) is 0. The number of nitrogens with zero attached hydrogens (tertiary/aromatic N) is 4. The van der Waals surface area contributed by atoms with E-state index >= 15 is 0 Å². The molecule has 0 bridgehead atoms. The Balaban J connectivity index is 2.67. The number of rotatable bonds is 1. The van der Waals surface area contributed by atoms with Crippen LogP contribution in [0, 0.1) is 0 Å². The zero-order valence-electron chi connectivity index (χ0n) is 7.73. The van der Waals surface area contributed by atoms with E-state index in [1.807, 2.05) is 0 Å². The van der Waals surface area contributed by atoms with Crippen molar-refractivity contribution in [2.24, 2.45) is 0 Å². The topological polar surface area (TPSA) is 80.4 Å². The predicted molar refractivity (Wildman–Crippen MR) is 47.8 cm³/mol. The summed E-state index contributed by atoms with van der Waals surface area (Å²) in [6, 6.07) is 0. The lowest BCUT2D eigenvalue weighted by Crippen LogP contribution is -2.07. The average molecular weight is 267 g/mol. The molecule has 0 unspecified atom stereocenters. The molecule has 0 aromatic carbocycles. The van der Waals surface area contributed by atoms with E-state index in [0.29, 0.717) is 4.52 Å². The molecule has 0 aliphatic heterocycles. The molecule has 0 fully saturated rings. The van der Waals surface area contributed by atoms with Gasteiger partial charge in [0.1, 0.15) is 10.7 Å². The highest BCUT2D eigenvalue weighted by atomic mass is 35.5. The summed E-state index contributed by atoms with van der Waals surface area (Å²) < 4.78 is 37.4. The molecule has 2 aromatic rings. The molecule has 10 heteroatoms. The normalized spacial score (nSPS) is 12.0. The maximum atomic E-state index is 12.3. The Kier molecular flexibility index (Phi) is 2.42. The van der Waals surface area contributed by atoms with Gasteiger partial charge in [-0.25, -0.2) is 9.31 Å². The zero-order chi connectivity index (χ0) is 12.8. The second kappa shape index (κ2) is 3.55.